The molecule has 0 aliphatic rings. The first-order valence-electron chi connectivity index (χ1n) is 6.74. The standard InChI is InChI=1S/C16H19NO3S/c1-10-11-7-5-6-8-12(11)21-14(10)15(19)20-9-13(18)17-16(2,3)4/h5-8H,9H2,1-4H3,(H,17,18). The van der Waals surface area contributed by atoms with Crippen molar-refractivity contribution in [2.75, 3.05) is 6.61 Å². The van der Waals surface area contributed by atoms with Crippen LogP contribution in [0.25, 0.3) is 10.1 Å². The summed E-state index contributed by atoms with van der Waals surface area (Å²) in [6.45, 7) is 7.27. The average Bonchev–Trinajstić information content (AvgIpc) is 2.72. The van der Waals surface area contributed by atoms with Crippen molar-refractivity contribution in [3.63, 3.8) is 0 Å². The number of aryl methyl sites for hydroxylation is 1. The smallest absolute Gasteiger partial charge is 0.349 e. The van der Waals surface area contributed by atoms with E-state index in [2.05, 4.69) is 5.32 Å². The molecule has 0 spiro atoms. The predicted molar refractivity (Wildman–Crippen MR) is 84.7 cm³/mol. The van der Waals surface area contributed by atoms with Crippen LogP contribution in [0.2, 0.25) is 0 Å². The summed E-state index contributed by atoms with van der Waals surface area (Å²) in [5.74, 6) is -0.743. The van der Waals surface area contributed by atoms with E-state index in [1.807, 2.05) is 52.0 Å². The molecule has 2 aromatic rings. The van der Waals surface area contributed by atoms with Crippen LogP contribution in [0.3, 0.4) is 0 Å². The molecule has 0 saturated carbocycles. The summed E-state index contributed by atoms with van der Waals surface area (Å²) >= 11 is 1.39. The molecule has 0 aliphatic carbocycles. The summed E-state index contributed by atoms with van der Waals surface area (Å²) in [5, 5.41) is 3.80. The van der Waals surface area contributed by atoms with Crippen LogP contribution < -0.4 is 5.32 Å². The number of amides is 1. The molecule has 0 atom stereocenters. The molecule has 2 rings (SSSR count). The topological polar surface area (TPSA) is 55.4 Å². The molecule has 4 nitrogen and oxygen atoms in total. The number of rotatable bonds is 3. The summed E-state index contributed by atoms with van der Waals surface area (Å²) in [6.07, 6.45) is 0. The van der Waals surface area contributed by atoms with E-state index in [1.54, 1.807) is 0 Å². The number of carbonyl (C=O) groups excluding carboxylic acids is 2. The third-order valence-electron chi connectivity index (χ3n) is 2.88. The Kier molecular flexibility index (Phi) is 4.32. The van der Waals surface area contributed by atoms with Crippen LogP contribution in [0.15, 0.2) is 24.3 Å². The molecule has 0 radical (unpaired) electrons. The second kappa shape index (κ2) is 5.85. The first-order chi connectivity index (χ1) is 9.78. The highest BCUT2D eigenvalue weighted by Gasteiger charge is 2.19. The lowest BCUT2D eigenvalue weighted by Crippen LogP contribution is -2.42. The van der Waals surface area contributed by atoms with Crippen molar-refractivity contribution in [3.05, 3.63) is 34.7 Å². The van der Waals surface area contributed by atoms with Crippen molar-refractivity contribution in [1.82, 2.24) is 5.32 Å². The Labute approximate surface area is 128 Å². The lowest BCUT2D eigenvalue weighted by molar-refractivity contribution is -0.125. The highest BCUT2D eigenvalue weighted by atomic mass is 32.1. The largest absolute Gasteiger partial charge is 0.451 e. The van der Waals surface area contributed by atoms with Crippen molar-refractivity contribution >= 4 is 33.3 Å². The Morgan fingerprint density at radius 3 is 2.52 bits per heavy atom. The van der Waals surface area contributed by atoms with E-state index in [0.717, 1.165) is 15.6 Å². The summed E-state index contributed by atoms with van der Waals surface area (Å²) in [7, 11) is 0. The molecule has 0 saturated heterocycles. The average molecular weight is 305 g/mol. The number of ether oxygens (including phenoxy) is 1. The third kappa shape index (κ3) is 3.82. The number of hydrogen-bond donors (Lipinski definition) is 1. The monoisotopic (exact) mass is 305 g/mol. The number of hydrogen-bond acceptors (Lipinski definition) is 4. The van der Waals surface area contributed by atoms with E-state index in [1.165, 1.54) is 11.3 Å². The fraction of sp³-hybridized carbons (Fsp3) is 0.375. The molecule has 0 bridgehead atoms. The number of esters is 1. The van der Waals surface area contributed by atoms with E-state index < -0.39 is 5.97 Å². The van der Waals surface area contributed by atoms with Gasteiger partial charge in [0.15, 0.2) is 6.61 Å². The molecule has 5 heteroatoms. The van der Waals surface area contributed by atoms with E-state index in [0.29, 0.717) is 4.88 Å². The quantitative estimate of drug-likeness (QED) is 0.885. The van der Waals surface area contributed by atoms with Gasteiger partial charge in [-0.3, -0.25) is 4.79 Å². The first-order valence-corrected chi connectivity index (χ1v) is 7.56. The Morgan fingerprint density at radius 2 is 1.90 bits per heavy atom. The van der Waals surface area contributed by atoms with Gasteiger partial charge in [0, 0.05) is 10.2 Å². The van der Waals surface area contributed by atoms with Gasteiger partial charge >= 0.3 is 5.97 Å². The molecule has 0 fully saturated rings. The van der Waals surface area contributed by atoms with E-state index >= 15 is 0 Å². The first kappa shape index (κ1) is 15.5. The molecular weight excluding hydrogens is 286 g/mol. The molecule has 1 heterocycles. The number of nitrogens with one attached hydrogen (secondary N) is 1. The molecular formula is C16H19NO3S. The van der Waals surface area contributed by atoms with Gasteiger partial charge in [0.25, 0.3) is 5.91 Å². The highest BCUT2D eigenvalue weighted by molar-refractivity contribution is 7.21. The van der Waals surface area contributed by atoms with Crippen LogP contribution in [0.1, 0.15) is 36.0 Å². The van der Waals surface area contributed by atoms with Crippen molar-refractivity contribution in [3.8, 4) is 0 Å². The van der Waals surface area contributed by atoms with Gasteiger partial charge in [-0.2, -0.15) is 0 Å². The molecule has 0 aliphatic heterocycles. The Balaban J connectivity index is 2.06. The third-order valence-corrected chi connectivity index (χ3v) is 4.13. The van der Waals surface area contributed by atoms with Crippen LogP contribution in [0.4, 0.5) is 0 Å². The van der Waals surface area contributed by atoms with Crippen molar-refractivity contribution < 1.29 is 14.3 Å². The molecule has 21 heavy (non-hydrogen) atoms. The van der Waals surface area contributed by atoms with Crippen LogP contribution in [-0.2, 0) is 9.53 Å². The number of thiophene rings is 1. The second-order valence-electron chi connectivity index (χ2n) is 5.93. The maximum atomic E-state index is 12.1. The SMILES string of the molecule is Cc1c(C(=O)OCC(=O)NC(C)(C)C)sc2ccccc12. The van der Waals surface area contributed by atoms with Crippen molar-refractivity contribution in [1.29, 1.82) is 0 Å². The van der Waals surface area contributed by atoms with Crippen LogP contribution in [0.5, 0.6) is 0 Å². The molecule has 1 N–H and O–H groups in total. The van der Waals surface area contributed by atoms with Crippen molar-refractivity contribution in [2.24, 2.45) is 0 Å². The molecule has 1 amide bonds. The summed E-state index contributed by atoms with van der Waals surface area (Å²) in [4.78, 5) is 24.3. The predicted octanol–water partition coefficient (Wildman–Crippen LogP) is 3.28. The maximum absolute atomic E-state index is 12.1. The van der Waals surface area contributed by atoms with Gasteiger partial charge in [0.05, 0.1) is 0 Å². The summed E-state index contributed by atoms with van der Waals surface area (Å²) in [6, 6.07) is 7.82. The minimum Gasteiger partial charge on any atom is -0.451 e. The van der Waals surface area contributed by atoms with Crippen LogP contribution in [0, 0.1) is 6.92 Å². The lowest BCUT2D eigenvalue weighted by Gasteiger charge is -2.20. The van der Waals surface area contributed by atoms with Gasteiger partial charge in [-0.25, -0.2) is 4.79 Å². The number of carbonyl (C=O) groups is 2. The number of fused-ring (bicyclic) bond motifs is 1. The van der Waals surface area contributed by atoms with E-state index in [9.17, 15) is 9.59 Å². The molecule has 1 aromatic heterocycles. The second-order valence-corrected chi connectivity index (χ2v) is 6.98. The highest BCUT2D eigenvalue weighted by Crippen LogP contribution is 2.30. The molecule has 112 valence electrons. The Morgan fingerprint density at radius 1 is 1.24 bits per heavy atom. The van der Waals surface area contributed by atoms with Gasteiger partial charge in [-0.15, -0.1) is 11.3 Å². The zero-order valence-electron chi connectivity index (χ0n) is 12.6. The lowest BCUT2D eigenvalue weighted by atomic mass is 10.1. The Hall–Kier alpha value is -1.88. The van der Waals surface area contributed by atoms with E-state index in [-0.39, 0.29) is 18.1 Å². The van der Waals surface area contributed by atoms with Crippen LogP contribution in [-0.4, -0.2) is 24.0 Å². The van der Waals surface area contributed by atoms with E-state index in [4.69, 9.17) is 4.74 Å². The molecule has 0 unspecified atom stereocenters. The minimum atomic E-state index is -0.447. The fourth-order valence-electron chi connectivity index (χ4n) is 2.02. The van der Waals surface area contributed by atoms with Gasteiger partial charge in [0.2, 0.25) is 0 Å². The van der Waals surface area contributed by atoms with Crippen LogP contribution >= 0.6 is 11.3 Å². The zero-order valence-corrected chi connectivity index (χ0v) is 13.5. The summed E-state index contributed by atoms with van der Waals surface area (Å²) in [5.41, 5.74) is 0.564. The fourth-order valence-corrected chi connectivity index (χ4v) is 3.12. The van der Waals surface area contributed by atoms with Gasteiger partial charge < -0.3 is 10.1 Å². The van der Waals surface area contributed by atoms with Crippen molar-refractivity contribution in [2.45, 2.75) is 33.2 Å². The summed E-state index contributed by atoms with van der Waals surface area (Å²) < 4.78 is 6.15. The Bertz CT molecular complexity index is 682. The maximum Gasteiger partial charge on any atom is 0.349 e. The zero-order chi connectivity index (χ0) is 15.6. The van der Waals surface area contributed by atoms with Gasteiger partial charge in [-0.05, 0) is 44.7 Å². The number of benzene rings is 1. The van der Waals surface area contributed by atoms with Gasteiger partial charge in [0.1, 0.15) is 4.88 Å². The van der Waals surface area contributed by atoms with Gasteiger partial charge in [-0.1, -0.05) is 18.2 Å². The molecule has 1 aromatic carbocycles. The minimum absolute atomic E-state index is 0.260. The normalized spacial score (nSPS) is 11.4.